The van der Waals surface area contributed by atoms with E-state index in [1.165, 1.54) is 0 Å². The van der Waals surface area contributed by atoms with Gasteiger partial charge in [-0.3, -0.25) is 4.68 Å². The van der Waals surface area contributed by atoms with Crippen LogP contribution < -0.4 is 4.74 Å². The molecule has 0 aliphatic rings. The molecule has 0 N–H and O–H groups in total. The van der Waals surface area contributed by atoms with Gasteiger partial charge in [0.05, 0.1) is 24.8 Å². The summed E-state index contributed by atoms with van der Waals surface area (Å²) < 4.78 is 10.6. The third-order valence-electron chi connectivity index (χ3n) is 2.78. The molecule has 0 unspecified atom stereocenters. The molecule has 3 nitrogen and oxygen atoms in total. The Labute approximate surface area is 137 Å². The van der Waals surface area contributed by atoms with Crippen LogP contribution in [0.15, 0.2) is 31.6 Å². The third-order valence-corrected chi connectivity index (χ3v) is 4.94. The van der Waals surface area contributed by atoms with Gasteiger partial charge >= 0.3 is 0 Å². The van der Waals surface area contributed by atoms with Crippen molar-refractivity contribution in [3.63, 3.8) is 0 Å². The number of aromatic nitrogens is 2. The van der Waals surface area contributed by atoms with E-state index in [9.17, 15) is 0 Å². The van der Waals surface area contributed by atoms with E-state index in [4.69, 9.17) is 4.74 Å². The van der Waals surface area contributed by atoms with Gasteiger partial charge in [0.2, 0.25) is 0 Å². The van der Waals surface area contributed by atoms with Crippen LogP contribution >= 0.6 is 47.8 Å². The lowest BCUT2D eigenvalue weighted by molar-refractivity contribution is 0.290. The van der Waals surface area contributed by atoms with E-state index in [2.05, 4.69) is 59.8 Å². The Balaban J connectivity index is 2.22. The molecule has 0 saturated carbocycles. The summed E-state index contributed by atoms with van der Waals surface area (Å²) in [5.74, 6) is 0.800. The van der Waals surface area contributed by atoms with Crippen molar-refractivity contribution >= 4 is 47.8 Å². The maximum Gasteiger partial charge on any atom is 0.148 e. The Morgan fingerprint density at radius 3 is 2.37 bits per heavy atom. The van der Waals surface area contributed by atoms with Crippen LogP contribution in [0.25, 0.3) is 0 Å². The van der Waals surface area contributed by atoms with E-state index in [0.717, 1.165) is 37.0 Å². The fourth-order valence-corrected chi connectivity index (χ4v) is 3.70. The van der Waals surface area contributed by atoms with Crippen molar-refractivity contribution in [1.29, 1.82) is 0 Å². The van der Waals surface area contributed by atoms with Crippen LogP contribution in [0.4, 0.5) is 0 Å². The number of para-hydroxylation sites is 1. The van der Waals surface area contributed by atoms with Crippen molar-refractivity contribution in [2.75, 3.05) is 0 Å². The van der Waals surface area contributed by atoms with Crippen LogP contribution in [-0.4, -0.2) is 9.78 Å². The Bertz CT molecular complexity index is 576. The second-order valence-corrected chi connectivity index (χ2v) is 6.53. The quantitative estimate of drug-likeness (QED) is 0.663. The normalized spacial score (nSPS) is 10.8. The number of rotatable bonds is 4. The van der Waals surface area contributed by atoms with E-state index >= 15 is 0 Å². The number of hydrogen-bond donors (Lipinski definition) is 0. The first kappa shape index (κ1) is 15.1. The summed E-state index contributed by atoms with van der Waals surface area (Å²) in [6.07, 6.45) is 0.896. The van der Waals surface area contributed by atoms with Crippen LogP contribution in [0.3, 0.4) is 0 Å². The number of halogens is 3. The number of aryl methyl sites for hydroxylation is 2. The van der Waals surface area contributed by atoms with Crippen molar-refractivity contribution < 1.29 is 4.74 Å². The molecule has 0 spiro atoms. The molecular formula is C13H13Br3N2O. The summed E-state index contributed by atoms with van der Waals surface area (Å²) in [5.41, 5.74) is 2.08. The molecule has 0 fully saturated rings. The second-order valence-electron chi connectivity index (χ2n) is 4.02. The zero-order valence-electron chi connectivity index (χ0n) is 10.6. The van der Waals surface area contributed by atoms with Gasteiger partial charge in [0.1, 0.15) is 12.4 Å². The largest absolute Gasteiger partial charge is 0.485 e. The molecule has 0 atom stereocenters. The number of ether oxygens (including phenoxy) is 1. The molecule has 2 aromatic rings. The van der Waals surface area contributed by atoms with Crippen molar-refractivity contribution in [2.24, 2.45) is 7.05 Å². The van der Waals surface area contributed by atoms with Crippen LogP contribution in [0.1, 0.15) is 18.3 Å². The minimum absolute atomic E-state index is 0.464. The van der Waals surface area contributed by atoms with Gasteiger partial charge in [0, 0.05) is 7.05 Å². The minimum Gasteiger partial charge on any atom is -0.485 e. The molecule has 1 aromatic carbocycles. The molecule has 6 heteroatoms. The fourth-order valence-electron chi connectivity index (χ4n) is 1.74. The van der Waals surface area contributed by atoms with Crippen molar-refractivity contribution in [3.8, 4) is 5.75 Å². The second kappa shape index (κ2) is 6.41. The summed E-state index contributed by atoms with van der Waals surface area (Å²) in [5, 5.41) is 4.45. The highest BCUT2D eigenvalue weighted by atomic mass is 79.9. The Morgan fingerprint density at radius 2 is 1.84 bits per heavy atom. The SMILES string of the molecule is CCc1nn(C)c(COc2c(Br)cccc2Br)c1Br. The summed E-state index contributed by atoms with van der Waals surface area (Å²) in [6.45, 7) is 2.55. The Morgan fingerprint density at radius 1 is 1.21 bits per heavy atom. The summed E-state index contributed by atoms with van der Waals surface area (Å²) in [7, 11) is 1.93. The standard InChI is InChI=1S/C13H13Br3N2O/c1-3-10-12(16)11(18(2)17-10)7-19-13-8(14)5-4-6-9(13)15/h4-6H,3,7H2,1-2H3. The van der Waals surface area contributed by atoms with E-state index in [1.54, 1.807) is 0 Å². The smallest absolute Gasteiger partial charge is 0.148 e. The van der Waals surface area contributed by atoms with E-state index in [-0.39, 0.29) is 0 Å². The van der Waals surface area contributed by atoms with Crippen LogP contribution in [0.5, 0.6) is 5.75 Å². The first-order valence-corrected chi connectivity index (χ1v) is 8.19. The summed E-state index contributed by atoms with van der Waals surface area (Å²) in [4.78, 5) is 0. The van der Waals surface area contributed by atoms with Gasteiger partial charge in [0.15, 0.2) is 0 Å². The molecule has 1 aromatic heterocycles. The van der Waals surface area contributed by atoms with Gasteiger partial charge < -0.3 is 4.74 Å². The van der Waals surface area contributed by atoms with Gasteiger partial charge in [-0.2, -0.15) is 5.10 Å². The molecule has 0 aliphatic carbocycles. The lowest BCUT2D eigenvalue weighted by Crippen LogP contribution is -2.04. The first-order valence-electron chi connectivity index (χ1n) is 5.81. The molecular weight excluding hydrogens is 440 g/mol. The average Bonchev–Trinajstić information content (AvgIpc) is 2.65. The molecule has 2 rings (SSSR count). The first-order chi connectivity index (χ1) is 9.04. The summed E-state index contributed by atoms with van der Waals surface area (Å²) in [6, 6.07) is 5.86. The van der Waals surface area contributed by atoms with Crippen molar-refractivity contribution in [2.45, 2.75) is 20.0 Å². The van der Waals surface area contributed by atoms with Gasteiger partial charge in [-0.05, 0) is 66.3 Å². The topological polar surface area (TPSA) is 27.1 Å². The lowest BCUT2D eigenvalue weighted by atomic mass is 10.3. The monoisotopic (exact) mass is 450 g/mol. The molecule has 0 amide bonds. The van der Waals surface area contributed by atoms with Gasteiger partial charge in [-0.25, -0.2) is 0 Å². The Hall–Kier alpha value is -0.330. The van der Waals surface area contributed by atoms with E-state index in [1.807, 2.05) is 29.9 Å². The number of nitrogens with zero attached hydrogens (tertiary/aromatic N) is 2. The van der Waals surface area contributed by atoms with Crippen molar-refractivity contribution in [3.05, 3.63) is 43.0 Å². The molecule has 0 radical (unpaired) electrons. The fraction of sp³-hybridized carbons (Fsp3) is 0.308. The molecule has 0 bridgehead atoms. The van der Waals surface area contributed by atoms with Gasteiger partial charge in [-0.1, -0.05) is 13.0 Å². The maximum absolute atomic E-state index is 5.89. The van der Waals surface area contributed by atoms with E-state index in [0.29, 0.717) is 6.61 Å². The maximum atomic E-state index is 5.89. The zero-order valence-corrected chi connectivity index (χ0v) is 15.3. The van der Waals surface area contributed by atoms with Crippen LogP contribution in [0.2, 0.25) is 0 Å². The minimum atomic E-state index is 0.464. The average molecular weight is 453 g/mol. The van der Waals surface area contributed by atoms with Crippen LogP contribution in [0, 0.1) is 0 Å². The zero-order chi connectivity index (χ0) is 14.0. The molecule has 0 saturated heterocycles. The van der Waals surface area contributed by atoms with Crippen molar-refractivity contribution in [1.82, 2.24) is 9.78 Å². The number of benzene rings is 1. The van der Waals surface area contributed by atoms with Crippen LogP contribution in [-0.2, 0) is 20.1 Å². The van der Waals surface area contributed by atoms with E-state index < -0.39 is 0 Å². The predicted molar refractivity (Wildman–Crippen MR) is 86.5 cm³/mol. The molecule has 0 aliphatic heterocycles. The third kappa shape index (κ3) is 3.23. The Kier molecular flexibility index (Phi) is 5.09. The predicted octanol–water partition coefficient (Wildman–Crippen LogP) is 4.85. The highest BCUT2D eigenvalue weighted by Gasteiger charge is 2.14. The number of hydrogen-bond acceptors (Lipinski definition) is 2. The molecule has 19 heavy (non-hydrogen) atoms. The highest BCUT2D eigenvalue weighted by molar-refractivity contribution is 9.11. The highest BCUT2D eigenvalue weighted by Crippen LogP contribution is 2.34. The lowest BCUT2D eigenvalue weighted by Gasteiger charge is -2.10. The van der Waals surface area contributed by atoms with Gasteiger partial charge in [-0.15, -0.1) is 0 Å². The molecule has 1 heterocycles. The molecule has 102 valence electrons. The summed E-state index contributed by atoms with van der Waals surface area (Å²) >= 11 is 10.6. The van der Waals surface area contributed by atoms with Gasteiger partial charge in [0.25, 0.3) is 0 Å².